The number of ether oxygens (including phenoxy) is 1. The molecule has 1 saturated heterocycles. The van der Waals surface area contributed by atoms with Gasteiger partial charge in [-0.15, -0.1) is 0 Å². The van der Waals surface area contributed by atoms with E-state index in [4.69, 9.17) is 9.94 Å². The summed E-state index contributed by atoms with van der Waals surface area (Å²) in [7, 11) is 0. The van der Waals surface area contributed by atoms with Gasteiger partial charge in [0.05, 0.1) is 19.2 Å². The molecule has 1 atom stereocenters. The van der Waals surface area contributed by atoms with Gasteiger partial charge in [-0.1, -0.05) is 32.9 Å². The van der Waals surface area contributed by atoms with Crippen LogP contribution in [0.3, 0.4) is 0 Å². The average Bonchev–Trinajstić information content (AvgIpc) is 3.05. The summed E-state index contributed by atoms with van der Waals surface area (Å²) in [6, 6.07) is 5.93. The van der Waals surface area contributed by atoms with Gasteiger partial charge >= 0.3 is 12.0 Å². The van der Waals surface area contributed by atoms with E-state index >= 15 is 0 Å². The summed E-state index contributed by atoms with van der Waals surface area (Å²) in [5, 5.41) is 17.2. The summed E-state index contributed by atoms with van der Waals surface area (Å²) in [5.74, 6) is -0.579. The highest BCUT2D eigenvalue weighted by Gasteiger charge is 2.33. The molecule has 1 aliphatic rings. The molecule has 10 heteroatoms. The number of hydrogen-bond acceptors (Lipinski definition) is 7. The normalized spacial score (nSPS) is 16.6. The number of esters is 1. The van der Waals surface area contributed by atoms with Gasteiger partial charge in [0.1, 0.15) is 6.04 Å². The van der Waals surface area contributed by atoms with Gasteiger partial charge in [-0.05, 0) is 29.5 Å². The van der Waals surface area contributed by atoms with Crippen LogP contribution >= 0.6 is 0 Å². The lowest BCUT2D eigenvalue weighted by Gasteiger charge is -2.18. The molecule has 4 N–H and O–H groups in total. The van der Waals surface area contributed by atoms with Crippen molar-refractivity contribution in [3.05, 3.63) is 29.8 Å². The Morgan fingerprint density at radius 2 is 2.00 bits per heavy atom. The predicted molar refractivity (Wildman–Crippen MR) is 111 cm³/mol. The molecule has 1 aromatic rings. The molecule has 0 aliphatic carbocycles. The van der Waals surface area contributed by atoms with Crippen LogP contribution in [0.1, 0.15) is 39.2 Å². The number of nitrogens with zero attached hydrogens (tertiary/aromatic N) is 2. The van der Waals surface area contributed by atoms with Crippen molar-refractivity contribution in [2.75, 3.05) is 24.6 Å². The van der Waals surface area contributed by atoms with E-state index in [0.29, 0.717) is 25.3 Å². The number of carbonyl (C=O) groups excluding carboxylic acids is 3. The molecule has 10 nitrogen and oxygen atoms in total. The summed E-state index contributed by atoms with van der Waals surface area (Å²) < 4.78 is 5.14. The third-order valence-corrected chi connectivity index (χ3v) is 4.27. The Kier molecular flexibility index (Phi) is 8.16. The number of rotatable bonds is 8. The summed E-state index contributed by atoms with van der Waals surface area (Å²) in [5.41, 5.74) is 3.03. The minimum absolute atomic E-state index is 0.0652. The molecule has 1 heterocycles. The first-order chi connectivity index (χ1) is 14.2. The fourth-order valence-electron chi connectivity index (χ4n) is 2.77. The average molecular weight is 419 g/mol. The molecule has 1 aromatic carbocycles. The molecule has 0 spiro atoms. The SMILES string of the molecule is CC(C)(C)COC(=O)CCNC(=O)N[C@H]1CCN(c2ccc(C=NNO)cc2)C1=O. The van der Waals surface area contributed by atoms with Crippen LogP contribution in [0.15, 0.2) is 29.4 Å². The summed E-state index contributed by atoms with van der Waals surface area (Å²) in [4.78, 5) is 37.9. The van der Waals surface area contributed by atoms with Crippen LogP contribution in [0.4, 0.5) is 10.5 Å². The van der Waals surface area contributed by atoms with E-state index in [0.717, 1.165) is 5.56 Å². The van der Waals surface area contributed by atoms with E-state index in [2.05, 4.69) is 15.7 Å². The maximum Gasteiger partial charge on any atom is 0.315 e. The Morgan fingerprint density at radius 3 is 2.63 bits per heavy atom. The highest BCUT2D eigenvalue weighted by atomic mass is 16.5. The van der Waals surface area contributed by atoms with E-state index in [1.54, 1.807) is 34.8 Å². The van der Waals surface area contributed by atoms with Crippen LogP contribution in [0.2, 0.25) is 0 Å². The molecule has 0 unspecified atom stereocenters. The highest BCUT2D eigenvalue weighted by Crippen LogP contribution is 2.22. The molecule has 1 fully saturated rings. The van der Waals surface area contributed by atoms with Crippen molar-refractivity contribution < 1.29 is 24.3 Å². The lowest BCUT2D eigenvalue weighted by Crippen LogP contribution is -2.46. The zero-order valence-electron chi connectivity index (χ0n) is 17.5. The molecular weight excluding hydrogens is 390 g/mol. The molecule has 3 amide bonds. The van der Waals surface area contributed by atoms with Crippen molar-refractivity contribution in [2.24, 2.45) is 10.5 Å². The molecule has 1 aliphatic heterocycles. The van der Waals surface area contributed by atoms with Crippen molar-refractivity contribution >= 4 is 29.8 Å². The van der Waals surface area contributed by atoms with Crippen LogP contribution in [0.25, 0.3) is 0 Å². The lowest BCUT2D eigenvalue weighted by atomic mass is 9.99. The largest absolute Gasteiger partial charge is 0.465 e. The quantitative estimate of drug-likeness (QED) is 0.286. The van der Waals surface area contributed by atoms with Crippen molar-refractivity contribution in [2.45, 2.75) is 39.7 Å². The van der Waals surface area contributed by atoms with Gasteiger partial charge in [-0.3, -0.25) is 14.8 Å². The van der Waals surface area contributed by atoms with E-state index < -0.39 is 12.1 Å². The third kappa shape index (κ3) is 7.36. The van der Waals surface area contributed by atoms with E-state index in [1.807, 2.05) is 20.8 Å². The topological polar surface area (TPSA) is 132 Å². The second-order valence-corrected chi connectivity index (χ2v) is 8.15. The van der Waals surface area contributed by atoms with Gasteiger partial charge < -0.3 is 20.3 Å². The highest BCUT2D eigenvalue weighted by molar-refractivity contribution is 6.01. The molecule has 164 valence electrons. The second kappa shape index (κ2) is 10.6. The monoisotopic (exact) mass is 419 g/mol. The number of hydrazone groups is 1. The maximum absolute atomic E-state index is 12.6. The van der Waals surface area contributed by atoms with Gasteiger partial charge in [0.2, 0.25) is 5.91 Å². The number of nitrogens with one attached hydrogen (secondary N) is 3. The molecular formula is C20H29N5O5. The van der Waals surface area contributed by atoms with Crippen molar-refractivity contribution in [1.82, 2.24) is 16.2 Å². The Balaban J connectivity index is 1.76. The minimum atomic E-state index is -0.627. The first-order valence-electron chi connectivity index (χ1n) is 9.73. The Hall–Kier alpha value is -3.14. The van der Waals surface area contributed by atoms with Crippen LogP contribution in [0, 0.1) is 5.41 Å². The zero-order chi connectivity index (χ0) is 22.1. The van der Waals surface area contributed by atoms with E-state index in [1.165, 1.54) is 6.21 Å². The first kappa shape index (κ1) is 23.1. The van der Waals surface area contributed by atoms with Gasteiger partial charge in [0.15, 0.2) is 0 Å². The fraction of sp³-hybridized carbons (Fsp3) is 0.500. The predicted octanol–water partition coefficient (Wildman–Crippen LogP) is 1.38. The third-order valence-electron chi connectivity index (χ3n) is 4.27. The number of hydrogen-bond donors (Lipinski definition) is 4. The lowest BCUT2D eigenvalue weighted by molar-refractivity contribution is -0.146. The van der Waals surface area contributed by atoms with Crippen molar-refractivity contribution in [3.63, 3.8) is 0 Å². The van der Waals surface area contributed by atoms with Crippen molar-refractivity contribution in [1.29, 1.82) is 0 Å². The van der Waals surface area contributed by atoms with E-state index in [-0.39, 0.29) is 30.3 Å². The van der Waals surface area contributed by atoms with Gasteiger partial charge in [0, 0.05) is 18.8 Å². The summed E-state index contributed by atoms with van der Waals surface area (Å²) in [6.45, 7) is 6.82. The van der Waals surface area contributed by atoms with Crippen LogP contribution in [-0.2, 0) is 14.3 Å². The number of amides is 3. The molecule has 0 saturated carbocycles. The Bertz CT molecular complexity index is 773. The molecule has 2 rings (SSSR count). The van der Waals surface area contributed by atoms with Gasteiger partial charge in [-0.2, -0.15) is 10.7 Å². The first-order valence-corrected chi connectivity index (χ1v) is 9.73. The fourth-order valence-corrected chi connectivity index (χ4v) is 2.77. The zero-order valence-corrected chi connectivity index (χ0v) is 17.5. The van der Waals surface area contributed by atoms with Crippen LogP contribution in [-0.4, -0.2) is 55.1 Å². The standard InChI is InChI=1S/C20H29N5O5/c1-20(2,3)13-30-17(26)8-10-21-19(28)23-16-9-11-25(18(16)27)15-6-4-14(5-7-15)12-22-24-29/h4-7,12,16,24,29H,8-11,13H2,1-3H3,(H2,21,23,28)/t16-/m0/s1. The van der Waals surface area contributed by atoms with Crippen LogP contribution < -0.4 is 21.1 Å². The van der Waals surface area contributed by atoms with Gasteiger partial charge in [-0.25, -0.2) is 4.79 Å². The van der Waals surface area contributed by atoms with Gasteiger partial charge in [0.25, 0.3) is 0 Å². The number of carbonyl (C=O) groups is 3. The summed E-state index contributed by atoms with van der Waals surface area (Å²) >= 11 is 0. The molecule has 0 aromatic heterocycles. The Labute approximate surface area is 175 Å². The number of urea groups is 1. The summed E-state index contributed by atoms with van der Waals surface area (Å²) in [6.07, 6.45) is 1.98. The number of anilines is 1. The molecule has 0 radical (unpaired) electrons. The van der Waals surface area contributed by atoms with Crippen molar-refractivity contribution in [3.8, 4) is 0 Å². The molecule has 0 bridgehead atoms. The van der Waals surface area contributed by atoms with Crippen LogP contribution in [0.5, 0.6) is 0 Å². The van der Waals surface area contributed by atoms with E-state index in [9.17, 15) is 14.4 Å². The number of benzene rings is 1. The Morgan fingerprint density at radius 1 is 1.30 bits per heavy atom. The second-order valence-electron chi connectivity index (χ2n) is 8.15. The smallest absolute Gasteiger partial charge is 0.315 e. The molecule has 30 heavy (non-hydrogen) atoms. The maximum atomic E-state index is 12.6. The minimum Gasteiger partial charge on any atom is -0.465 e.